The van der Waals surface area contributed by atoms with Crippen molar-refractivity contribution in [2.24, 2.45) is 0 Å². The molecular formula is C23H28BrNO6. The van der Waals surface area contributed by atoms with Gasteiger partial charge in [0.25, 0.3) is 0 Å². The molecule has 1 heterocycles. The summed E-state index contributed by atoms with van der Waals surface area (Å²) in [5.41, 5.74) is 2.22. The fourth-order valence-corrected chi connectivity index (χ4v) is 3.93. The Hall–Kier alpha value is -2.61. The van der Waals surface area contributed by atoms with E-state index in [1.807, 2.05) is 0 Å². The Morgan fingerprint density at radius 3 is 2.03 bits per heavy atom. The molecule has 0 unspecified atom stereocenters. The molecule has 0 aliphatic heterocycles. The van der Waals surface area contributed by atoms with E-state index in [2.05, 4.69) is 27.8 Å². The molecule has 0 aliphatic carbocycles. The van der Waals surface area contributed by atoms with Crippen LogP contribution in [-0.2, 0) is 9.47 Å². The van der Waals surface area contributed by atoms with E-state index in [0.29, 0.717) is 45.1 Å². The van der Waals surface area contributed by atoms with Gasteiger partial charge >= 0.3 is 11.9 Å². The number of ether oxygens (including phenoxy) is 4. The molecule has 7 nitrogen and oxygen atoms in total. The van der Waals surface area contributed by atoms with Gasteiger partial charge in [-0.25, -0.2) is 9.59 Å². The Morgan fingerprint density at radius 1 is 0.968 bits per heavy atom. The Balaban J connectivity index is 2.75. The molecule has 0 spiro atoms. The van der Waals surface area contributed by atoms with Gasteiger partial charge in [0.2, 0.25) is 0 Å². The number of aryl methyl sites for hydroxylation is 2. The molecule has 0 N–H and O–H groups in total. The number of esters is 2. The summed E-state index contributed by atoms with van der Waals surface area (Å²) in [4.78, 5) is 29.6. The van der Waals surface area contributed by atoms with Crippen molar-refractivity contribution in [2.75, 3.05) is 27.9 Å². The van der Waals surface area contributed by atoms with Crippen LogP contribution in [0.25, 0.3) is 11.1 Å². The summed E-state index contributed by atoms with van der Waals surface area (Å²) in [6.07, 6.45) is 3.09. The van der Waals surface area contributed by atoms with Gasteiger partial charge in [0, 0.05) is 5.56 Å². The van der Waals surface area contributed by atoms with Crippen molar-refractivity contribution in [3.05, 3.63) is 39.1 Å². The zero-order chi connectivity index (χ0) is 23.1. The molecule has 0 radical (unpaired) electrons. The van der Waals surface area contributed by atoms with Gasteiger partial charge in [-0.2, -0.15) is 0 Å². The van der Waals surface area contributed by atoms with Crippen molar-refractivity contribution in [1.82, 2.24) is 4.98 Å². The monoisotopic (exact) mass is 493 g/mol. The quantitative estimate of drug-likeness (QED) is 0.347. The second-order valence-corrected chi connectivity index (χ2v) is 7.79. The number of pyridine rings is 1. The van der Waals surface area contributed by atoms with Crippen LogP contribution in [0.3, 0.4) is 0 Å². The van der Waals surface area contributed by atoms with Crippen LogP contribution in [0.1, 0.15) is 58.3 Å². The van der Waals surface area contributed by atoms with Gasteiger partial charge in [0.1, 0.15) is 0 Å². The third kappa shape index (κ3) is 5.36. The zero-order valence-electron chi connectivity index (χ0n) is 18.8. The van der Waals surface area contributed by atoms with Gasteiger partial charge in [0.15, 0.2) is 11.5 Å². The standard InChI is InChI=1S/C23H28BrNO6/c1-7-8-9-10-31-21-16(24)11-15(12-17(21)28-4)20-18(22(26)29-5)13(2)25-14(3)19(20)23(27)30-6/h11-12H,7-10H2,1-6H3. The minimum atomic E-state index is -0.597. The number of carbonyl (C=O) groups is 2. The molecule has 0 atom stereocenters. The number of halogens is 1. The molecule has 8 heteroatoms. The Bertz CT molecular complexity index is 933. The van der Waals surface area contributed by atoms with Gasteiger partial charge in [-0.1, -0.05) is 19.8 Å². The molecule has 0 saturated carbocycles. The van der Waals surface area contributed by atoms with Crippen LogP contribution in [-0.4, -0.2) is 44.9 Å². The van der Waals surface area contributed by atoms with Gasteiger partial charge in [-0.3, -0.25) is 4.98 Å². The summed E-state index contributed by atoms with van der Waals surface area (Å²) in [5.74, 6) is -0.163. The first-order chi connectivity index (χ1) is 14.8. The average molecular weight is 494 g/mol. The second-order valence-electron chi connectivity index (χ2n) is 6.94. The Morgan fingerprint density at radius 2 is 1.55 bits per heavy atom. The average Bonchev–Trinajstić information content (AvgIpc) is 2.75. The molecule has 0 aliphatic rings. The molecule has 31 heavy (non-hydrogen) atoms. The Labute approximate surface area is 191 Å². The van der Waals surface area contributed by atoms with Crippen molar-refractivity contribution in [1.29, 1.82) is 0 Å². The predicted molar refractivity (Wildman–Crippen MR) is 121 cm³/mol. The number of hydrogen-bond donors (Lipinski definition) is 0. The number of carbonyl (C=O) groups excluding carboxylic acids is 2. The molecule has 0 amide bonds. The van der Waals surface area contributed by atoms with Gasteiger partial charge in [-0.05, 0) is 53.9 Å². The van der Waals surface area contributed by atoms with Crippen LogP contribution < -0.4 is 9.47 Å². The number of rotatable bonds is 9. The number of benzene rings is 1. The largest absolute Gasteiger partial charge is 0.493 e. The summed E-state index contributed by atoms with van der Waals surface area (Å²) >= 11 is 3.55. The molecule has 0 fully saturated rings. The first kappa shape index (κ1) is 24.7. The number of nitrogens with zero attached hydrogens (tertiary/aromatic N) is 1. The van der Waals surface area contributed by atoms with Gasteiger partial charge in [0.05, 0.1) is 54.9 Å². The van der Waals surface area contributed by atoms with Crippen molar-refractivity contribution in [3.63, 3.8) is 0 Å². The summed E-state index contributed by atoms with van der Waals surface area (Å²) in [7, 11) is 4.11. The SMILES string of the molecule is CCCCCOc1c(Br)cc(-c2c(C(=O)OC)c(C)nc(C)c2C(=O)OC)cc1OC. The highest BCUT2D eigenvalue weighted by molar-refractivity contribution is 9.10. The van der Waals surface area contributed by atoms with E-state index in [0.717, 1.165) is 19.3 Å². The smallest absolute Gasteiger partial charge is 0.340 e. The van der Waals surface area contributed by atoms with E-state index in [-0.39, 0.29) is 11.1 Å². The topological polar surface area (TPSA) is 84.0 Å². The van der Waals surface area contributed by atoms with E-state index in [1.165, 1.54) is 21.3 Å². The minimum absolute atomic E-state index is 0.194. The third-order valence-corrected chi connectivity index (χ3v) is 5.44. The van der Waals surface area contributed by atoms with Crippen molar-refractivity contribution < 1.29 is 28.5 Å². The molecular weight excluding hydrogens is 466 g/mol. The van der Waals surface area contributed by atoms with Gasteiger partial charge < -0.3 is 18.9 Å². The molecule has 168 valence electrons. The first-order valence-electron chi connectivity index (χ1n) is 9.99. The fraction of sp³-hybridized carbons (Fsp3) is 0.435. The van der Waals surface area contributed by atoms with Gasteiger partial charge in [-0.15, -0.1) is 0 Å². The fourth-order valence-electron chi connectivity index (χ4n) is 3.37. The number of hydrogen-bond acceptors (Lipinski definition) is 7. The molecule has 0 bridgehead atoms. The van der Waals surface area contributed by atoms with E-state index in [9.17, 15) is 9.59 Å². The van der Waals surface area contributed by atoms with Crippen molar-refractivity contribution in [3.8, 4) is 22.6 Å². The summed E-state index contributed by atoms with van der Waals surface area (Å²) in [5, 5.41) is 0. The summed E-state index contributed by atoms with van der Waals surface area (Å²) < 4.78 is 22.1. The summed E-state index contributed by atoms with van der Waals surface area (Å²) in [6, 6.07) is 3.51. The lowest BCUT2D eigenvalue weighted by Crippen LogP contribution is -2.16. The highest BCUT2D eigenvalue weighted by Gasteiger charge is 2.28. The normalized spacial score (nSPS) is 10.5. The van der Waals surface area contributed by atoms with Crippen LogP contribution in [0.2, 0.25) is 0 Å². The Kier molecular flexibility index (Phi) is 8.86. The summed E-state index contributed by atoms with van der Waals surface area (Å²) in [6.45, 7) is 6.07. The van der Waals surface area contributed by atoms with Crippen molar-refractivity contribution in [2.45, 2.75) is 40.0 Å². The maximum Gasteiger partial charge on any atom is 0.340 e. The lowest BCUT2D eigenvalue weighted by Gasteiger charge is -2.19. The van der Waals surface area contributed by atoms with E-state index < -0.39 is 11.9 Å². The van der Waals surface area contributed by atoms with Crippen molar-refractivity contribution >= 4 is 27.9 Å². The second kappa shape index (κ2) is 11.1. The van der Waals surface area contributed by atoms with Crippen LogP contribution in [0.4, 0.5) is 0 Å². The number of methoxy groups -OCH3 is 3. The predicted octanol–water partition coefficient (Wildman–Crippen LogP) is 5.28. The molecule has 1 aromatic heterocycles. The number of aromatic nitrogens is 1. The third-order valence-electron chi connectivity index (χ3n) is 4.85. The van der Waals surface area contributed by atoms with Crippen LogP contribution in [0.15, 0.2) is 16.6 Å². The molecule has 0 saturated heterocycles. The van der Waals surface area contributed by atoms with E-state index in [4.69, 9.17) is 18.9 Å². The lowest BCUT2D eigenvalue weighted by atomic mass is 9.92. The lowest BCUT2D eigenvalue weighted by molar-refractivity contribution is 0.0599. The van der Waals surface area contributed by atoms with Crippen LogP contribution in [0.5, 0.6) is 11.5 Å². The van der Waals surface area contributed by atoms with Crippen LogP contribution >= 0.6 is 15.9 Å². The molecule has 2 rings (SSSR count). The zero-order valence-corrected chi connectivity index (χ0v) is 20.3. The maximum atomic E-state index is 12.6. The highest BCUT2D eigenvalue weighted by atomic mass is 79.9. The van der Waals surface area contributed by atoms with E-state index in [1.54, 1.807) is 26.0 Å². The van der Waals surface area contributed by atoms with Crippen LogP contribution in [0, 0.1) is 13.8 Å². The maximum absolute atomic E-state index is 12.6. The van der Waals surface area contributed by atoms with E-state index >= 15 is 0 Å². The highest BCUT2D eigenvalue weighted by Crippen LogP contribution is 2.42. The number of unbranched alkanes of at least 4 members (excludes halogenated alkanes) is 2. The molecule has 2 aromatic rings. The first-order valence-corrected chi connectivity index (χ1v) is 10.8. The minimum Gasteiger partial charge on any atom is -0.493 e. The molecule has 1 aromatic carbocycles.